The van der Waals surface area contributed by atoms with Gasteiger partial charge in [-0.25, -0.2) is 9.97 Å². The second-order valence-electron chi connectivity index (χ2n) is 6.87. The Balaban J connectivity index is 1.46. The van der Waals surface area contributed by atoms with Gasteiger partial charge >= 0.3 is 0 Å². The summed E-state index contributed by atoms with van der Waals surface area (Å²) in [6, 6.07) is 5.53. The van der Waals surface area contributed by atoms with E-state index in [1.165, 1.54) is 12.8 Å². The molecule has 1 fully saturated rings. The second kappa shape index (κ2) is 6.74. The van der Waals surface area contributed by atoms with Gasteiger partial charge in [0.05, 0.1) is 28.5 Å². The van der Waals surface area contributed by atoms with Crippen molar-refractivity contribution in [1.29, 1.82) is 0 Å². The van der Waals surface area contributed by atoms with Crippen LogP contribution < -0.4 is 10.2 Å². The fourth-order valence-electron chi connectivity index (χ4n) is 3.16. The predicted octanol–water partition coefficient (Wildman–Crippen LogP) is 3.41. The summed E-state index contributed by atoms with van der Waals surface area (Å²) in [7, 11) is 0. The number of piperidine rings is 1. The van der Waals surface area contributed by atoms with Gasteiger partial charge in [-0.3, -0.25) is 4.79 Å². The molecule has 1 saturated heterocycles. The maximum Gasteiger partial charge on any atom is 0.258 e. The average molecular weight is 351 g/mol. The van der Waals surface area contributed by atoms with E-state index in [4.69, 9.17) is 4.52 Å². The lowest BCUT2D eigenvalue weighted by molar-refractivity contribution is 0.102. The summed E-state index contributed by atoms with van der Waals surface area (Å²) in [5, 5.41) is 7.50. The van der Waals surface area contributed by atoms with Gasteiger partial charge < -0.3 is 14.7 Å². The van der Waals surface area contributed by atoms with Gasteiger partial charge in [-0.2, -0.15) is 0 Å². The number of amides is 1. The molecule has 1 aliphatic rings. The minimum atomic E-state index is -0.216. The summed E-state index contributed by atoms with van der Waals surface area (Å²) in [5.41, 5.74) is 2.32. The molecule has 1 aliphatic heterocycles. The zero-order valence-corrected chi connectivity index (χ0v) is 14.9. The van der Waals surface area contributed by atoms with Crippen LogP contribution in [0.15, 0.2) is 35.1 Å². The second-order valence-corrected chi connectivity index (χ2v) is 6.87. The quantitative estimate of drug-likeness (QED) is 0.778. The standard InChI is InChI=1S/C19H21N5O2/c1-12-5-7-24(8-6-12)17-4-3-14(10-20-17)18(25)22-15-9-16-13(2)23-26-19(16)21-11-15/h3-4,9-12H,5-8H2,1-2H3,(H,22,25). The van der Waals surface area contributed by atoms with Gasteiger partial charge in [0.2, 0.25) is 0 Å². The lowest BCUT2D eigenvalue weighted by Crippen LogP contribution is -2.33. The van der Waals surface area contributed by atoms with E-state index in [0.29, 0.717) is 17.0 Å². The van der Waals surface area contributed by atoms with Crippen LogP contribution in [0.1, 0.15) is 35.8 Å². The minimum Gasteiger partial charge on any atom is -0.357 e. The lowest BCUT2D eigenvalue weighted by Gasteiger charge is -2.31. The monoisotopic (exact) mass is 351 g/mol. The first kappa shape index (κ1) is 16.5. The number of anilines is 2. The highest BCUT2D eigenvalue weighted by molar-refractivity contribution is 6.04. The predicted molar refractivity (Wildman–Crippen MR) is 99.3 cm³/mol. The highest BCUT2D eigenvalue weighted by Gasteiger charge is 2.17. The maximum atomic E-state index is 12.5. The molecule has 7 nitrogen and oxygen atoms in total. The van der Waals surface area contributed by atoms with Gasteiger partial charge in [0.1, 0.15) is 5.82 Å². The fraction of sp³-hybridized carbons (Fsp3) is 0.368. The number of fused-ring (bicyclic) bond motifs is 1. The first-order valence-electron chi connectivity index (χ1n) is 8.84. The van der Waals surface area contributed by atoms with Gasteiger partial charge in [-0.05, 0) is 43.9 Å². The Bertz CT molecular complexity index is 927. The molecule has 26 heavy (non-hydrogen) atoms. The number of nitrogens with zero attached hydrogens (tertiary/aromatic N) is 4. The SMILES string of the molecule is Cc1noc2ncc(NC(=O)c3ccc(N4CCC(C)CC4)nc3)cc12. The van der Waals surface area contributed by atoms with E-state index >= 15 is 0 Å². The zero-order valence-electron chi connectivity index (χ0n) is 14.9. The summed E-state index contributed by atoms with van der Waals surface area (Å²) in [4.78, 5) is 23.4. The summed E-state index contributed by atoms with van der Waals surface area (Å²) in [6.45, 7) is 6.15. The number of nitrogens with one attached hydrogen (secondary N) is 1. The molecule has 7 heteroatoms. The number of pyridine rings is 2. The van der Waals surface area contributed by atoms with Crippen LogP contribution >= 0.6 is 0 Å². The third-order valence-corrected chi connectivity index (χ3v) is 4.89. The van der Waals surface area contributed by atoms with E-state index in [9.17, 15) is 4.79 Å². The topological polar surface area (TPSA) is 84.2 Å². The Kier molecular flexibility index (Phi) is 4.28. The van der Waals surface area contributed by atoms with E-state index in [-0.39, 0.29) is 5.91 Å². The molecular weight excluding hydrogens is 330 g/mol. The summed E-state index contributed by atoms with van der Waals surface area (Å²) in [6.07, 6.45) is 5.55. The highest BCUT2D eigenvalue weighted by Crippen LogP contribution is 2.22. The molecule has 1 N–H and O–H groups in total. The number of hydrogen-bond acceptors (Lipinski definition) is 6. The van der Waals surface area contributed by atoms with E-state index in [1.807, 2.05) is 25.1 Å². The van der Waals surface area contributed by atoms with Crippen LogP contribution in [0.3, 0.4) is 0 Å². The molecule has 0 radical (unpaired) electrons. The van der Waals surface area contributed by atoms with Crippen LogP contribution in [0.2, 0.25) is 0 Å². The van der Waals surface area contributed by atoms with Crippen molar-refractivity contribution in [2.24, 2.45) is 5.92 Å². The summed E-state index contributed by atoms with van der Waals surface area (Å²) < 4.78 is 5.08. The number of aryl methyl sites for hydroxylation is 1. The van der Waals surface area contributed by atoms with Crippen LogP contribution in [-0.2, 0) is 0 Å². The molecule has 0 spiro atoms. The molecule has 3 aromatic heterocycles. The van der Waals surface area contributed by atoms with Gasteiger partial charge in [0.25, 0.3) is 11.6 Å². The molecule has 0 unspecified atom stereocenters. The first-order valence-corrected chi connectivity index (χ1v) is 8.84. The smallest absolute Gasteiger partial charge is 0.258 e. The van der Waals surface area contributed by atoms with Crippen molar-refractivity contribution in [3.05, 3.63) is 41.9 Å². The number of aromatic nitrogens is 3. The van der Waals surface area contributed by atoms with Crippen molar-refractivity contribution < 1.29 is 9.32 Å². The van der Waals surface area contributed by atoms with Crippen LogP contribution in [0, 0.1) is 12.8 Å². The zero-order chi connectivity index (χ0) is 18.1. The van der Waals surface area contributed by atoms with Crippen molar-refractivity contribution in [2.45, 2.75) is 26.7 Å². The van der Waals surface area contributed by atoms with E-state index < -0.39 is 0 Å². The Morgan fingerprint density at radius 3 is 2.77 bits per heavy atom. The van der Waals surface area contributed by atoms with Crippen molar-refractivity contribution in [2.75, 3.05) is 23.3 Å². The van der Waals surface area contributed by atoms with E-state index in [0.717, 1.165) is 35.9 Å². The first-order chi connectivity index (χ1) is 12.6. The van der Waals surface area contributed by atoms with Gasteiger partial charge in [0, 0.05) is 19.3 Å². The number of hydrogen-bond donors (Lipinski definition) is 1. The Labute approximate surface area is 151 Å². The van der Waals surface area contributed by atoms with Crippen molar-refractivity contribution in [1.82, 2.24) is 15.1 Å². The van der Waals surface area contributed by atoms with Crippen LogP contribution in [0.4, 0.5) is 11.5 Å². The van der Waals surface area contributed by atoms with Crippen molar-refractivity contribution in [3.8, 4) is 0 Å². The lowest BCUT2D eigenvalue weighted by atomic mass is 9.99. The van der Waals surface area contributed by atoms with Gasteiger partial charge in [0.15, 0.2) is 0 Å². The maximum absolute atomic E-state index is 12.5. The number of rotatable bonds is 3. The molecule has 134 valence electrons. The van der Waals surface area contributed by atoms with Crippen LogP contribution in [0.5, 0.6) is 0 Å². The third kappa shape index (κ3) is 3.24. The van der Waals surface area contributed by atoms with Crippen molar-refractivity contribution in [3.63, 3.8) is 0 Å². The van der Waals surface area contributed by atoms with E-state index in [1.54, 1.807) is 12.4 Å². The molecular formula is C19H21N5O2. The Morgan fingerprint density at radius 1 is 1.23 bits per heavy atom. The number of carbonyl (C=O) groups excluding carboxylic acids is 1. The Hall–Kier alpha value is -2.96. The fourth-order valence-corrected chi connectivity index (χ4v) is 3.16. The van der Waals surface area contributed by atoms with Crippen LogP contribution in [-0.4, -0.2) is 34.1 Å². The molecule has 0 atom stereocenters. The van der Waals surface area contributed by atoms with Gasteiger partial charge in [-0.15, -0.1) is 0 Å². The molecule has 0 saturated carbocycles. The summed E-state index contributed by atoms with van der Waals surface area (Å²) in [5.74, 6) is 1.49. The van der Waals surface area contributed by atoms with Crippen molar-refractivity contribution >= 4 is 28.5 Å². The average Bonchev–Trinajstić information content (AvgIpc) is 3.03. The summed E-state index contributed by atoms with van der Waals surface area (Å²) >= 11 is 0. The Morgan fingerprint density at radius 2 is 2.04 bits per heavy atom. The largest absolute Gasteiger partial charge is 0.357 e. The molecule has 4 rings (SSSR count). The normalized spacial score (nSPS) is 15.4. The molecule has 1 amide bonds. The molecule has 0 bridgehead atoms. The molecule has 0 aromatic carbocycles. The highest BCUT2D eigenvalue weighted by atomic mass is 16.5. The van der Waals surface area contributed by atoms with Crippen LogP contribution in [0.25, 0.3) is 11.1 Å². The molecule has 0 aliphatic carbocycles. The molecule has 4 heterocycles. The molecule has 3 aromatic rings. The number of carbonyl (C=O) groups is 1. The van der Waals surface area contributed by atoms with Gasteiger partial charge in [-0.1, -0.05) is 12.1 Å². The van der Waals surface area contributed by atoms with E-state index in [2.05, 4.69) is 32.3 Å². The third-order valence-electron chi connectivity index (χ3n) is 4.89. The minimum absolute atomic E-state index is 0.216.